The number of hydrogen-bond acceptors (Lipinski definition) is 8. The lowest BCUT2D eigenvalue weighted by Crippen LogP contribution is -2.27. The number of likely N-dealkylation sites (tertiary alicyclic amines) is 1. The number of carbonyl (C=O) groups is 1. The third-order valence-corrected chi connectivity index (χ3v) is 6.74. The SMILES string of the molecule is NCC1CCCCC1.NCCCN1CCCC1=O.NCc1ccccc1.NCc1ccncc1.NCc1ccoc1. The van der Waals surface area contributed by atoms with Gasteiger partial charge in [0.25, 0.3) is 0 Å². The van der Waals surface area contributed by atoms with E-state index in [9.17, 15) is 4.79 Å². The van der Waals surface area contributed by atoms with E-state index in [2.05, 4.69) is 4.98 Å². The maximum atomic E-state index is 11.0. The van der Waals surface area contributed by atoms with E-state index in [0.717, 1.165) is 55.9 Å². The Labute approximate surface area is 246 Å². The first-order chi connectivity index (χ1) is 20.1. The number of aromatic nitrogens is 1. The number of nitrogens with zero attached hydrogens (tertiary/aromatic N) is 2. The van der Waals surface area contributed by atoms with Gasteiger partial charge >= 0.3 is 0 Å². The topological polar surface area (TPSA) is 176 Å². The second-order valence-corrected chi connectivity index (χ2v) is 9.95. The predicted molar refractivity (Wildman–Crippen MR) is 168 cm³/mol. The molecule has 1 aromatic carbocycles. The van der Waals surface area contributed by atoms with E-state index in [1.165, 1.54) is 37.7 Å². The largest absolute Gasteiger partial charge is 0.472 e. The molecule has 41 heavy (non-hydrogen) atoms. The summed E-state index contributed by atoms with van der Waals surface area (Å²) in [6, 6.07) is 15.6. The molecule has 0 atom stereocenters. The van der Waals surface area contributed by atoms with Gasteiger partial charge in [0.2, 0.25) is 5.91 Å². The summed E-state index contributed by atoms with van der Waals surface area (Å²) in [5.41, 5.74) is 30.1. The summed E-state index contributed by atoms with van der Waals surface area (Å²) >= 11 is 0. The molecule has 0 spiro atoms. The van der Waals surface area contributed by atoms with E-state index >= 15 is 0 Å². The molecule has 10 N–H and O–H groups in total. The molecule has 228 valence electrons. The van der Waals surface area contributed by atoms with E-state index in [-0.39, 0.29) is 0 Å². The van der Waals surface area contributed by atoms with Crippen molar-refractivity contribution >= 4 is 5.91 Å². The van der Waals surface area contributed by atoms with Crippen LogP contribution in [0.5, 0.6) is 0 Å². The number of carbonyl (C=O) groups excluding carboxylic acids is 1. The monoisotopic (exact) mass is 567 g/mol. The molecule has 0 unspecified atom stereocenters. The van der Waals surface area contributed by atoms with Crippen LogP contribution < -0.4 is 28.7 Å². The van der Waals surface area contributed by atoms with E-state index in [1.807, 2.05) is 53.4 Å². The fraction of sp³-hybridized carbons (Fsp3) is 0.500. The van der Waals surface area contributed by atoms with Crippen molar-refractivity contribution in [2.75, 3.05) is 26.2 Å². The van der Waals surface area contributed by atoms with Crippen molar-refractivity contribution in [3.05, 3.63) is 90.1 Å². The fourth-order valence-electron chi connectivity index (χ4n) is 4.19. The molecule has 1 aliphatic carbocycles. The minimum Gasteiger partial charge on any atom is -0.472 e. The zero-order valence-corrected chi connectivity index (χ0v) is 24.7. The second-order valence-electron chi connectivity index (χ2n) is 9.95. The van der Waals surface area contributed by atoms with Crippen molar-refractivity contribution in [2.24, 2.45) is 34.6 Å². The summed E-state index contributed by atoms with van der Waals surface area (Å²) < 4.78 is 4.73. The molecule has 3 aromatic rings. The quantitative estimate of drug-likeness (QED) is 0.285. The molecule has 5 rings (SSSR count). The van der Waals surface area contributed by atoms with E-state index in [1.54, 1.807) is 24.9 Å². The molecule has 9 heteroatoms. The number of rotatable bonds is 7. The van der Waals surface area contributed by atoms with Gasteiger partial charge in [-0.2, -0.15) is 0 Å². The molecule has 1 amide bonds. The Balaban J connectivity index is 0.000000257. The first-order valence-corrected chi connectivity index (χ1v) is 14.8. The van der Waals surface area contributed by atoms with Gasteiger partial charge in [0.05, 0.1) is 12.5 Å². The highest BCUT2D eigenvalue weighted by Gasteiger charge is 2.18. The number of amides is 1. The van der Waals surface area contributed by atoms with Crippen molar-refractivity contribution in [3.63, 3.8) is 0 Å². The van der Waals surface area contributed by atoms with Crippen molar-refractivity contribution in [2.45, 2.75) is 71.0 Å². The Morgan fingerprint density at radius 3 is 1.80 bits per heavy atom. The maximum absolute atomic E-state index is 11.0. The average molecular weight is 568 g/mol. The third-order valence-electron chi connectivity index (χ3n) is 6.74. The third kappa shape index (κ3) is 18.1. The normalized spacial score (nSPS) is 14.3. The summed E-state index contributed by atoms with van der Waals surface area (Å²) in [6.45, 7) is 5.21. The molecule has 9 nitrogen and oxygen atoms in total. The number of hydrogen-bond donors (Lipinski definition) is 5. The molecule has 1 saturated carbocycles. The summed E-state index contributed by atoms with van der Waals surface area (Å²) in [5.74, 6) is 1.16. The van der Waals surface area contributed by atoms with Crippen LogP contribution >= 0.6 is 0 Å². The summed E-state index contributed by atoms with van der Waals surface area (Å²) in [6.07, 6.45) is 16.5. The molecule has 1 aliphatic heterocycles. The predicted octanol–water partition coefficient (Wildman–Crippen LogP) is 3.91. The standard InChI is InChI=1S/C7H14N2O.C7H15N.C7H9N.C6H8N2.C5H7NO/c8-4-2-6-9-5-1-3-7(9)10;2*8-6-7-4-2-1-3-5-7;7-5-6-1-3-8-4-2-6;6-3-5-1-2-7-4-5/h1-6,8H2;7H,1-6,8H2;1-5H,6,8H2;1-4H,5,7H2;1-2,4H,3,6H2. The highest BCUT2D eigenvalue weighted by molar-refractivity contribution is 5.77. The van der Waals surface area contributed by atoms with Crippen LogP contribution in [0.25, 0.3) is 0 Å². The molecule has 2 aliphatic rings. The summed E-state index contributed by atoms with van der Waals surface area (Å²) in [5, 5.41) is 0. The maximum Gasteiger partial charge on any atom is 0.222 e. The molecular weight excluding hydrogens is 514 g/mol. The van der Waals surface area contributed by atoms with Crippen LogP contribution in [0.3, 0.4) is 0 Å². The van der Waals surface area contributed by atoms with Crippen LogP contribution in [0.15, 0.2) is 77.9 Å². The van der Waals surface area contributed by atoms with Gasteiger partial charge in [0, 0.05) is 57.1 Å². The zero-order valence-electron chi connectivity index (χ0n) is 24.7. The van der Waals surface area contributed by atoms with Crippen LogP contribution in [0, 0.1) is 5.92 Å². The Morgan fingerprint density at radius 2 is 1.41 bits per heavy atom. The van der Waals surface area contributed by atoms with Gasteiger partial charge in [0.15, 0.2) is 0 Å². The van der Waals surface area contributed by atoms with Gasteiger partial charge in [-0.1, -0.05) is 49.6 Å². The minimum atomic E-state index is 0.299. The first-order valence-electron chi connectivity index (χ1n) is 14.8. The minimum absolute atomic E-state index is 0.299. The summed E-state index contributed by atoms with van der Waals surface area (Å²) in [7, 11) is 0. The fourth-order valence-corrected chi connectivity index (χ4v) is 4.19. The van der Waals surface area contributed by atoms with Crippen LogP contribution in [-0.4, -0.2) is 42.0 Å². The van der Waals surface area contributed by atoms with Gasteiger partial charge in [-0.05, 0) is 74.0 Å². The van der Waals surface area contributed by atoms with E-state index in [4.69, 9.17) is 33.1 Å². The Bertz CT molecular complexity index is 927. The van der Waals surface area contributed by atoms with Gasteiger partial charge < -0.3 is 38.0 Å². The van der Waals surface area contributed by atoms with Crippen molar-refractivity contribution in [3.8, 4) is 0 Å². The van der Waals surface area contributed by atoms with Crippen LogP contribution in [-0.2, 0) is 24.4 Å². The lowest BCUT2D eigenvalue weighted by Gasteiger charge is -2.18. The Hall–Kier alpha value is -3.08. The zero-order chi connectivity index (χ0) is 30.0. The summed E-state index contributed by atoms with van der Waals surface area (Å²) in [4.78, 5) is 16.7. The smallest absolute Gasteiger partial charge is 0.222 e. The lowest BCUT2D eigenvalue weighted by atomic mass is 9.90. The number of furan rings is 1. The van der Waals surface area contributed by atoms with Crippen LogP contribution in [0.4, 0.5) is 0 Å². The molecule has 1 saturated heterocycles. The van der Waals surface area contributed by atoms with Gasteiger partial charge in [-0.3, -0.25) is 9.78 Å². The van der Waals surface area contributed by atoms with Gasteiger partial charge in [-0.25, -0.2) is 0 Å². The van der Waals surface area contributed by atoms with Crippen molar-refractivity contribution in [1.29, 1.82) is 0 Å². The highest BCUT2D eigenvalue weighted by Crippen LogP contribution is 2.21. The molecule has 0 bridgehead atoms. The number of pyridine rings is 1. The van der Waals surface area contributed by atoms with E-state index < -0.39 is 0 Å². The Morgan fingerprint density at radius 1 is 0.780 bits per heavy atom. The number of benzene rings is 1. The molecule has 2 aromatic heterocycles. The van der Waals surface area contributed by atoms with Crippen LogP contribution in [0.2, 0.25) is 0 Å². The van der Waals surface area contributed by atoms with Crippen LogP contribution in [0.1, 0.15) is 68.1 Å². The van der Waals surface area contributed by atoms with E-state index in [0.29, 0.717) is 32.1 Å². The molecule has 3 heterocycles. The van der Waals surface area contributed by atoms with Gasteiger partial charge in [0.1, 0.15) is 0 Å². The average Bonchev–Trinajstić information content (AvgIpc) is 3.74. The van der Waals surface area contributed by atoms with Crippen molar-refractivity contribution in [1.82, 2.24) is 9.88 Å². The van der Waals surface area contributed by atoms with Crippen molar-refractivity contribution < 1.29 is 9.21 Å². The lowest BCUT2D eigenvalue weighted by molar-refractivity contribution is -0.127. The first kappa shape index (κ1) is 35.9. The molecule has 2 fully saturated rings. The highest BCUT2D eigenvalue weighted by atomic mass is 16.3. The second kappa shape index (κ2) is 24.7. The van der Waals surface area contributed by atoms with Gasteiger partial charge in [-0.15, -0.1) is 0 Å². The number of nitrogens with two attached hydrogens (primary N) is 5. The Kier molecular flexibility index (Phi) is 21.7. The molecule has 0 radical (unpaired) electrons. The molecular formula is C32H53N7O2.